The summed E-state index contributed by atoms with van der Waals surface area (Å²) in [7, 11) is 0. The van der Waals surface area contributed by atoms with Crippen LogP contribution >= 0.6 is 0 Å². The lowest BCUT2D eigenvalue weighted by Crippen LogP contribution is -2.46. The lowest BCUT2D eigenvalue weighted by Gasteiger charge is -2.24. The highest BCUT2D eigenvalue weighted by atomic mass is 19.1. The minimum Gasteiger partial charge on any atom is -0.486 e. The summed E-state index contributed by atoms with van der Waals surface area (Å²) in [4.78, 5) is 11.8. The monoisotopic (exact) mass is 297 g/mol. The molecule has 1 aliphatic rings. The fourth-order valence-electron chi connectivity index (χ4n) is 1.93. The summed E-state index contributed by atoms with van der Waals surface area (Å²) in [5.41, 5.74) is -0.559. The summed E-state index contributed by atoms with van der Waals surface area (Å²) in [6.45, 7) is 6.10. The molecule has 0 unspecified atom stereocenters. The molecule has 0 radical (unpaired) electrons. The smallest absolute Gasteiger partial charge is 0.408 e. The van der Waals surface area contributed by atoms with Gasteiger partial charge in [-0.3, -0.25) is 0 Å². The Kier molecular flexibility index (Phi) is 4.67. The number of halogens is 1. The zero-order valence-corrected chi connectivity index (χ0v) is 12.4. The van der Waals surface area contributed by atoms with Crippen LogP contribution in [-0.4, -0.2) is 37.1 Å². The number of nitrogens with one attached hydrogen (secondary N) is 1. The van der Waals surface area contributed by atoms with Crippen molar-refractivity contribution in [2.45, 2.75) is 38.5 Å². The standard InChI is InChI=1S/C15H20FNO4/c1-15(2,3)21-14(18)17-12-8-19-9-13(12)20-11-6-4-10(16)5-7-11/h4-7,12-13H,8-9H2,1-3H3,(H,17,18)/t12-,13-/m1/s1. The summed E-state index contributed by atoms with van der Waals surface area (Å²) in [6, 6.07) is 5.42. The van der Waals surface area contributed by atoms with Gasteiger partial charge in [0.05, 0.1) is 19.3 Å². The summed E-state index contributed by atoms with van der Waals surface area (Å²) in [5, 5.41) is 2.73. The Hall–Kier alpha value is -1.82. The third-order valence-corrected chi connectivity index (χ3v) is 2.83. The average Bonchev–Trinajstić information content (AvgIpc) is 2.77. The minimum atomic E-state index is -0.559. The van der Waals surface area contributed by atoms with E-state index in [9.17, 15) is 9.18 Å². The number of hydrogen-bond acceptors (Lipinski definition) is 4. The van der Waals surface area contributed by atoms with Gasteiger partial charge >= 0.3 is 6.09 Å². The van der Waals surface area contributed by atoms with E-state index in [1.807, 2.05) is 0 Å². The summed E-state index contributed by atoms with van der Waals surface area (Å²) in [5.74, 6) is 0.205. The topological polar surface area (TPSA) is 56.8 Å². The van der Waals surface area contributed by atoms with E-state index in [0.717, 1.165) is 0 Å². The van der Waals surface area contributed by atoms with Crippen LogP contribution < -0.4 is 10.1 Å². The molecule has 0 aliphatic carbocycles. The Bertz CT molecular complexity index is 483. The highest BCUT2D eigenvalue weighted by Crippen LogP contribution is 2.18. The second kappa shape index (κ2) is 6.30. The van der Waals surface area contributed by atoms with Crippen molar-refractivity contribution in [1.29, 1.82) is 0 Å². The predicted molar refractivity (Wildman–Crippen MR) is 74.8 cm³/mol. The highest BCUT2D eigenvalue weighted by molar-refractivity contribution is 5.68. The maximum absolute atomic E-state index is 12.9. The molecule has 1 amide bonds. The molecule has 1 aromatic carbocycles. The molecule has 21 heavy (non-hydrogen) atoms. The van der Waals surface area contributed by atoms with Gasteiger partial charge in [0.25, 0.3) is 0 Å². The molecule has 0 aromatic heterocycles. The van der Waals surface area contributed by atoms with Crippen molar-refractivity contribution in [2.75, 3.05) is 13.2 Å². The Labute approximate surface area is 123 Å². The fourth-order valence-corrected chi connectivity index (χ4v) is 1.93. The summed E-state index contributed by atoms with van der Waals surface area (Å²) < 4.78 is 29.1. The maximum Gasteiger partial charge on any atom is 0.408 e. The van der Waals surface area contributed by atoms with Gasteiger partial charge in [-0.15, -0.1) is 0 Å². The van der Waals surface area contributed by atoms with Gasteiger partial charge in [0.2, 0.25) is 0 Å². The first-order valence-corrected chi connectivity index (χ1v) is 6.83. The Morgan fingerprint density at radius 1 is 1.29 bits per heavy atom. The maximum atomic E-state index is 12.9. The van der Waals surface area contributed by atoms with Crippen molar-refractivity contribution < 1.29 is 23.4 Å². The van der Waals surface area contributed by atoms with Crippen LogP contribution in [0.15, 0.2) is 24.3 Å². The van der Waals surface area contributed by atoms with E-state index >= 15 is 0 Å². The molecule has 5 nitrogen and oxygen atoms in total. The van der Waals surface area contributed by atoms with Gasteiger partial charge in [-0.05, 0) is 45.0 Å². The van der Waals surface area contributed by atoms with Crippen LogP contribution in [0.3, 0.4) is 0 Å². The first-order chi connectivity index (χ1) is 9.83. The minimum absolute atomic E-state index is 0.301. The van der Waals surface area contributed by atoms with Crippen LogP contribution in [0.4, 0.5) is 9.18 Å². The number of carbonyl (C=O) groups is 1. The van der Waals surface area contributed by atoms with Gasteiger partial charge in [-0.2, -0.15) is 0 Å². The molecule has 0 spiro atoms. The molecule has 0 saturated carbocycles. The zero-order chi connectivity index (χ0) is 15.5. The predicted octanol–water partition coefficient (Wildman–Crippen LogP) is 2.50. The number of ether oxygens (including phenoxy) is 3. The molecule has 116 valence electrons. The molecule has 2 atom stereocenters. The molecule has 1 N–H and O–H groups in total. The molecule has 1 saturated heterocycles. The number of amides is 1. The highest BCUT2D eigenvalue weighted by Gasteiger charge is 2.32. The van der Waals surface area contributed by atoms with Gasteiger partial charge in [0.1, 0.15) is 23.3 Å². The molecular formula is C15H20FNO4. The van der Waals surface area contributed by atoms with Crippen molar-refractivity contribution >= 4 is 6.09 Å². The second-order valence-corrected chi connectivity index (χ2v) is 5.90. The van der Waals surface area contributed by atoms with E-state index < -0.39 is 11.7 Å². The molecule has 0 bridgehead atoms. The van der Waals surface area contributed by atoms with E-state index in [1.165, 1.54) is 24.3 Å². The lowest BCUT2D eigenvalue weighted by atomic mass is 10.2. The molecule has 6 heteroatoms. The van der Waals surface area contributed by atoms with Gasteiger partial charge in [0, 0.05) is 0 Å². The lowest BCUT2D eigenvalue weighted by molar-refractivity contribution is 0.0472. The number of alkyl carbamates (subject to hydrolysis) is 1. The number of rotatable bonds is 3. The van der Waals surface area contributed by atoms with Crippen LogP contribution in [0.1, 0.15) is 20.8 Å². The number of carbonyl (C=O) groups excluding carboxylic acids is 1. The van der Waals surface area contributed by atoms with E-state index in [1.54, 1.807) is 20.8 Å². The van der Waals surface area contributed by atoms with Crippen molar-refractivity contribution in [2.24, 2.45) is 0 Å². The van der Waals surface area contributed by atoms with Gasteiger partial charge in [0.15, 0.2) is 0 Å². The van der Waals surface area contributed by atoms with Gasteiger partial charge < -0.3 is 19.5 Å². The van der Waals surface area contributed by atoms with E-state index in [2.05, 4.69) is 5.32 Å². The van der Waals surface area contributed by atoms with Gasteiger partial charge in [-0.1, -0.05) is 0 Å². The third kappa shape index (κ3) is 4.90. The van der Waals surface area contributed by atoms with Crippen LogP contribution in [0.25, 0.3) is 0 Å². The number of hydrogen-bond donors (Lipinski definition) is 1. The second-order valence-electron chi connectivity index (χ2n) is 5.90. The Morgan fingerprint density at radius 3 is 2.57 bits per heavy atom. The molecule has 2 rings (SSSR count). The third-order valence-electron chi connectivity index (χ3n) is 2.83. The quantitative estimate of drug-likeness (QED) is 0.931. The first-order valence-electron chi connectivity index (χ1n) is 6.83. The normalized spacial score (nSPS) is 21.9. The van der Waals surface area contributed by atoms with E-state index in [0.29, 0.717) is 19.0 Å². The zero-order valence-electron chi connectivity index (χ0n) is 12.4. The Morgan fingerprint density at radius 2 is 1.95 bits per heavy atom. The molecule has 1 aromatic rings. The Balaban J connectivity index is 1.91. The SMILES string of the molecule is CC(C)(C)OC(=O)N[C@@H]1COC[C@H]1Oc1ccc(F)cc1. The van der Waals surface area contributed by atoms with Crippen LogP contribution in [-0.2, 0) is 9.47 Å². The van der Waals surface area contributed by atoms with Crippen molar-refractivity contribution in [3.05, 3.63) is 30.1 Å². The van der Waals surface area contributed by atoms with Crippen molar-refractivity contribution in [3.8, 4) is 5.75 Å². The van der Waals surface area contributed by atoms with E-state index in [4.69, 9.17) is 14.2 Å². The molecular weight excluding hydrogens is 277 g/mol. The summed E-state index contributed by atoms with van der Waals surface area (Å²) in [6.07, 6.45) is -0.839. The fraction of sp³-hybridized carbons (Fsp3) is 0.533. The molecule has 1 fully saturated rings. The molecule has 1 heterocycles. The average molecular weight is 297 g/mol. The van der Waals surface area contributed by atoms with Crippen molar-refractivity contribution in [1.82, 2.24) is 5.32 Å². The van der Waals surface area contributed by atoms with Crippen LogP contribution in [0.5, 0.6) is 5.75 Å². The van der Waals surface area contributed by atoms with Crippen molar-refractivity contribution in [3.63, 3.8) is 0 Å². The molecule has 1 aliphatic heterocycles. The number of benzene rings is 1. The van der Waals surface area contributed by atoms with Crippen LogP contribution in [0, 0.1) is 5.82 Å². The van der Waals surface area contributed by atoms with Crippen LogP contribution in [0.2, 0.25) is 0 Å². The summed E-state index contributed by atoms with van der Waals surface area (Å²) >= 11 is 0. The van der Waals surface area contributed by atoms with E-state index in [-0.39, 0.29) is 18.0 Å². The van der Waals surface area contributed by atoms with Gasteiger partial charge in [-0.25, -0.2) is 9.18 Å². The largest absolute Gasteiger partial charge is 0.486 e. The first kappa shape index (κ1) is 15.6.